The van der Waals surface area contributed by atoms with Gasteiger partial charge in [0.2, 0.25) is 5.91 Å². The van der Waals surface area contributed by atoms with E-state index < -0.39 is 0 Å². The van der Waals surface area contributed by atoms with Crippen molar-refractivity contribution in [2.24, 2.45) is 11.8 Å². The molecule has 0 bridgehead atoms. The van der Waals surface area contributed by atoms with Crippen molar-refractivity contribution in [2.75, 3.05) is 39.8 Å². The summed E-state index contributed by atoms with van der Waals surface area (Å²) < 4.78 is 5.69. The van der Waals surface area contributed by atoms with Gasteiger partial charge in [-0.05, 0) is 31.4 Å². The van der Waals surface area contributed by atoms with E-state index in [4.69, 9.17) is 4.74 Å². The molecule has 2 unspecified atom stereocenters. The van der Waals surface area contributed by atoms with Crippen molar-refractivity contribution in [1.29, 1.82) is 0 Å². The number of carbonyl (C=O) groups excluding carboxylic acids is 1. The van der Waals surface area contributed by atoms with E-state index in [0.29, 0.717) is 30.9 Å². The Morgan fingerprint density at radius 2 is 2.09 bits per heavy atom. The van der Waals surface area contributed by atoms with E-state index in [0.717, 1.165) is 26.2 Å². The predicted molar refractivity (Wildman–Crippen MR) is 82.4 cm³/mol. The Morgan fingerprint density at radius 3 is 2.82 bits per heavy atom. The Bertz CT molecular complexity index is 496. The molecule has 0 spiro atoms. The largest absolute Gasteiger partial charge is 0.463 e. The first-order chi connectivity index (χ1) is 10.7. The summed E-state index contributed by atoms with van der Waals surface area (Å²) in [6.45, 7) is 4.76. The lowest BCUT2D eigenvalue weighted by molar-refractivity contribution is -0.126. The minimum absolute atomic E-state index is 0.281. The summed E-state index contributed by atoms with van der Waals surface area (Å²) in [5.41, 5.74) is 0. The maximum Gasteiger partial charge on any atom is 0.316 e. The number of rotatable bonds is 5. The second-order valence-corrected chi connectivity index (χ2v) is 6.45. The highest BCUT2D eigenvalue weighted by Gasteiger charge is 2.30. The van der Waals surface area contributed by atoms with Gasteiger partial charge >= 0.3 is 6.01 Å². The summed E-state index contributed by atoms with van der Waals surface area (Å²) in [4.78, 5) is 24.1. The molecule has 6 heteroatoms. The van der Waals surface area contributed by atoms with Crippen LogP contribution in [0.2, 0.25) is 0 Å². The average Bonchev–Trinajstić information content (AvgIpc) is 2.84. The number of nitrogens with zero attached hydrogens (tertiary/aromatic N) is 4. The standard InChI is InChI=1S/C16H24N4O2/c1-19-9-14(8-15(19)21)11-20-7-2-4-13(10-20)12-22-16-17-5-3-6-18-16/h3,5-6,13-14H,2,4,7-12H2,1H3. The van der Waals surface area contributed by atoms with Crippen LogP contribution in [0.15, 0.2) is 18.5 Å². The molecule has 2 aliphatic rings. The number of hydrogen-bond acceptors (Lipinski definition) is 5. The third-order valence-electron chi connectivity index (χ3n) is 4.53. The molecule has 1 amide bonds. The number of aromatic nitrogens is 2. The van der Waals surface area contributed by atoms with Crippen LogP contribution in [-0.2, 0) is 4.79 Å². The molecule has 0 N–H and O–H groups in total. The zero-order valence-corrected chi connectivity index (χ0v) is 13.1. The maximum atomic E-state index is 11.6. The molecule has 2 aliphatic heterocycles. The summed E-state index contributed by atoms with van der Waals surface area (Å²) in [5, 5.41) is 0. The quantitative estimate of drug-likeness (QED) is 0.814. The summed E-state index contributed by atoms with van der Waals surface area (Å²) in [6.07, 6.45) is 6.48. The van der Waals surface area contributed by atoms with Gasteiger partial charge in [0.15, 0.2) is 0 Å². The molecule has 2 saturated heterocycles. The number of ether oxygens (including phenoxy) is 1. The van der Waals surface area contributed by atoms with Gasteiger partial charge in [0, 0.05) is 51.4 Å². The Kier molecular flexibility index (Phi) is 4.87. The van der Waals surface area contributed by atoms with Gasteiger partial charge < -0.3 is 14.5 Å². The second kappa shape index (κ2) is 7.05. The van der Waals surface area contributed by atoms with Crippen molar-refractivity contribution < 1.29 is 9.53 Å². The van der Waals surface area contributed by atoms with Gasteiger partial charge in [-0.3, -0.25) is 4.79 Å². The van der Waals surface area contributed by atoms with Crippen LogP contribution in [0.3, 0.4) is 0 Å². The van der Waals surface area contributed by atoms with E-state index in [1.807, 2.05) is 11.9 Å². The van der Waals surface area contributed by atoms with Crippen molar-refractivity contribution in [2.45, 2.75) is 19.3 Å². The number of piperidine rings is 1. The molecule has 0 aliphatic carbocycles. The van der Waals surface area contributed by atoms with Gasteiger partial charge in [0.25, 0.3) is 0 Å². The Hall–Kier alpha value is -1.69. The van der Waals surface area contributed by atoms with Crippen LogP contribution in [0.4, 0.5) is 0 Å². The lowest BCUT2D eigenvalue weighted by Crippen LogP contribution is -2.40. The van der Waals surface area contributed by atoms with Crippen molar-refractivity contribution in [3.8, 4) is 6.01 Å². The van der Waals surface area contributed by atoms with Crippen LogP contribution in [0.25, 0.3) is 0 Å². The molecule has 0 saturated carbocycles. The van der Waals surface area contributed by atoms with Crippen LogP contribution < -0.4 is 4.74 Å². The fourth-order valence-electron chi connectivity index (χ4n) is 3.45. The van der Waals surface area contributed by atoms with Crippen LogP contribution >= 0.6 is 0 Å². The molecule has 6 nitrogen and oxygen atoms in total. The zero-order chi connectivity index (χ0) is 15.4. The molecular formula is C16H24N4O2. The van der Waals surface area contributed by atoms with Crippen LogP contribution in [-0.4, -0.2) is 65.5 Å². The van der Waals surface area contributed by atoms with Crippen molar-refractivity contribution in [1.82, 2.24) is 19.8 Å². The van der Waals surface area contributed by atoms with Crippen molar-refractivity contribution in [3.05, 3.63) is 18.5 Å². The van der Waals surface area contributed by atoms with Gasteiger partial charge in [0.05, 0.1) is 6.61 Å². The molecule has 22 heavy (non-hydrogen) atoms. The van der Waals surface area contributed by atoms with E-state index in [2.05, 4.69) is 14.9 Å². The lowest BCUT2D eigenvalue weighted by atomic mass is 9.97. The van der Waals surface area contributed by atoms with Crippen LogP contribution in [0, 0.1) is 11.8 Å². The SMILES string of the molecule is CN1CC(CN2CCCC(COc3ncccn3)C2)CC1=O. The third-order valence-corrected chi connectivity index (χ3v) is 4.53. The normalized spacial score (nSPS) is 26.4. The van der Waals surface area contributed by atoms with Crippen LogP contribution in [0.1, 0.15) is 19.3 Å². The van der Waals surface area contributed by atoms with E-state index >= 15 is 0 Å². The van der Waals surface area contributed by atoms with E-state index in [9.17, 15) is 4.79 Å². The van der Waals surface area contributed by atoms with E-state index in [1.165, 1.54) is 12.8 Å². The summed E-state index contributed by atoms with van der Waals surface area (Å²) in [6, 6.07) is 2.25. The topological polar surface area (TPSA) is 58.6 Å². The molecule has 1 aromatic heterocycles. The highest BCUT2D eigenvalue weighted by Crippen LogP contribution is 2.22. The molecule has 3 rings (SSSR count). The number of hydrogen-bond donors (Lipinski definition) is 0. The minimum Gasteiger partial charge on any atom is -0.463 e. The zero-order valence-electron chi connectivity index (χ0n) is 13.1. The Labute approximate surface area is 131 Å². The van der Waals surface area contributed by atoms with Gasteiger partial charge in [-0.15, -0.1) is 0 Å². The van der Waals surface area contributed by atoms with Crippen molar-refractivity contribution in [3.63, 3.8) is 0 Å². The summed E-state index contributed by atoms with van der Waals surface area (Å²) >= 11 is 0. The first-order valence-electron chi connectivity index (χ1n) is 8.07. The molecule has 0 aromatic carbocycles. The highest BCUT2D eigenvalue weighted by atomic mass is 16.5. The molecule has 1 aromatic rings. The fraction of sp³-hybridized carbons (Fsp3) is 0.688. The summed E-state index contributed by atoms with van der Waals surface area (Å²) in [5.74, 6) is 1.28. The third kappa shape index (κ3) is 3.94. The number of amides is 1. The summed E-state index contributed by atoms with van der Waals surface area (Å²) in [7, 11) is 1.90. The first kappa shape index (κ1) is 15.2. The van der Waals surface area contributed by atoms with E-state index in [1.54, 1.807) is 18.5 Å². The highest BCUT2D eigenvalue weighted by molar-refractivity contribution is 5.78. The maximum absolute atomic E-state index is 11.6. The Morgan fingerprint density at radius 1 is 1.27 bits per heavy atom. The predicted octanol–water partition coefficient (Wildman–Crippen LogP) is 1.05. The first-order valence-corrected chi connectivity index (χ1v) is 8.07. The molecule has 0 radical (unpaired) electrons. The monoisotopic (exact) mass is 304 g/mol. The second-order valence-electron chi connectivity index (χ2n) is 6.45. The molecule has 2 atom stereocenters. The molecule has 120 valence electrons. The average molecular weight is 304 g/mol. The van der Waals surface area contributed by atoms with Crippen LogP contribution in [0.5, 0.6) is 6.01 Å². The van der Waals surface area contributed by atoms with Gasteiger partial charge in [-0.25, -0.2) is 9.97 Å². The number of likely N-dealkylation sites (tertiary alicyclic amines) is 2. The van der Waals surface area contributed by atoms with Crippen molar-refractivity contribution >= 4 is 5.91 Å². The smallest absolute Gasteiger partial charge is 0.316 e. The van der Waals surface area contributed by atoms with Gasteiger partial charge in [-0.1, -0.05) is 0 Å². The minimum atomic E-state index is 0.281. The molecular weight excluding hydrogens is 280 g/mol. The number of carbonyl (C=O) groups is 1. The van der Waals surface area contributed by atoms with E-state index in [-0.39, 0.29) is 5.91 Å². The van der Waals surface area contributed by atoms with Gasteiger partial charge in [0.1, 0.15) is 0 Å². The lowest BCUT2D eigenvalue weighted by Gasteiger charge is -2.33. The fourth-order valence-corrected chi connectivity index (χ4v) is 3.45. The molecule has 3 heterocycles. The van der Waals surface area contributed by atoms with Gasteiger partial charge in [-0.2, -0.15) is 0 Å². The Balaban J connectivity index is 1.44. The molecule has 2 fully saturated rings.